The molecule has 1 aliphatic heterocycles. The second-order valence-corrected chi connectivity index (χ2v) is 7.96. The minimum absolute atomic E-state index is 0.0210. The molecule has 4 nitrogen and oxygen atoms in total. The highest BCUT2D eigenvalue weighted by molar-refractivity contribution is 7.08. The van der Waals surface area contributed by atoms with E-state index in [9.17, 15) is 9.59 Å². The highest BCUT2D eigenvalue weighted by Gasteiger charge is 2.44. The quantitative estimate of drug-likeness (QED) is 0.657. The van der Waals surface area contributed by atoms with E-state index in [2.05, 4.69) is 12.1 Å². The fraction of sp³-hybridized carbons (Fsp3) is 0.455. The number of esters is 1. The lowest BCUT2D eigenvalue weighted by atomic mass is 9.75. The molecule has 0 aliphatic carbocycles. The third kappa shape index (κ3) is 4.78. The molecule has 1 atom stereocenters. The van der Waals surface area contributed by atoms with E-state index >= 15 is 0 Å². The van der Waals surface area contributed by atoms with Crippen LogP contribution in [0.3, 0.4) is 0 Å². The smallest absolute Gasteiger partial charge is 0.313 e. The van der Waals surface area contributed by atoms with Gasteiger partial charge in [0.15, 0.2) is 0 Å². The fourth-order valence-corrected chi connectivity index (χ4v) is 4.54. The van der Waals surface area contributed by atoms with E-state index in [-0.39, 0.29) is 11.9 Å². The van der Waals surface area contributed by atoms with E-state index in [0.717, 1.165) is 32.1 Å². The minimum atomic E-state index is -0.589. The van der Waals surface area contributed by atoms with Crippen molar-refractivity contribution >= 4 is 23.2 Å². The number of benzene rings is 1. The Kier molecular flexibility index (Phi) is 6.67. The molecule has 1 aliphatic rings. The fourth-order valence-electron chi connectivity index (χ4n) is 3.91. The number of amides is 1. The Balaban J connectivity index is 1.71. The van der Waals surface area contributed by atoms with Crippen LogP contribution < -0.4 is 0 Å². The van der Waals surface area contributed by atoms with Crippen molar-refractivity contribution in [2.24, 2.45) is 5.41 Å². The summed E-state index contributed by atoms with van der Waals surface area (Å²) in [6.07, 6.45) is 4.20. The van der Waals surface area contributed by atoms with Gasteiger partial charge in [0.05, 0.1) is 17.6 Å². The molecule has 1 saturated heterocycles. The Bertz CT molecular complexity index is 744. The van der Waals surface area contributed by atoms with Crippen LogP contribution in [-0.4, -0.2) is 36.5 Å². The van der Waals surface area contributed by atoms with Crippen LogP contribution in [0.15, 0.2) is 47.2 Å². The Hall–Kier alpha value is -2.14. The van der Waals surface area contributed by atoms with Gasteiger partial charge in [0.2, 0.25) is 0 Å². The third-order valence-electron chi connectivity index (χ3n) is 5.30. The van der Waals surface area contributed by atoms with Gasteiger partial charge in [-0.1, -0.05) is 30.3 Å². The predicted octanol–water partition coefficient (Wildman–Crippen LogP) is 4.56. The molecule has 1 amide bonds. The molecule has 144 valence electrons. The van der Waals surface area contributed by atoms with Crippen molar-refractivity contribution in [1.82, 2.24) is 4.90 Å². The summed E-state index contributed by atoms with van der Waals surface area (Å²) in [6.45, 7) is 3.37. The van der Waals surface area contributed by atoms with Crippen LogP contribution in [0.1, 0.15) is 48.5 Å². The number of carbonyl (C=O) groups excluding carboxylic acids is 2. The summed E-state index contributed by atoms with van der Waals surface area (Å²) in [6, 6.07) is 12.2. The van der Waals surface area contributed by atoms with E-state index in [4.69, 9.17) is 4.74 Å². The first kappa shape index (κ1) is 19.6. The van der Waals surface area contributed by atoms with Gasteiger partial charge in [0.1, 0.15) is 0 Å². The average Bonchev–Trinajstić information content (AvgIpc) is 3.23. The number of ether oxygens (including phenoxy) is 1. The molecule has 0 N–H and O–H groups in total. The van der Waals surface area contributed by atoms with Gasteiger partial charge in [-0.05, 0) is 56.0 Å². The molecule has 0 radical (unpaired) electrons. The van der Waals surface area contributed by atoms with Crippen molar-refractivity contribution in [3.05, 3.63) is 58.3 Å². The van der Waals surface area contributed by atoms with Crippen molar-refractivity contribution in [1.29, 1.82) is 0 Å². The molecular formula is C22H27NO3S. The van der Waals surface area contributed by atoms with Gasteiger partial charge in [-0.3, -0.25) is 9.59 Å². The lowest BCUT2D eigenvalue weighted by molar-refractivity contribution is -0.159. The Morgan fingerprint density at radius 2 is 2.04 bits per heavy atom. The maximum absolute atomic E-state index is 12.9. The van der Waals surface area contributed by atoms with Gasteiger partial charge in [0.25, 0.3) is 5.91 Å². The minimum Gasteiger partial charge on any atom is -0.466 e. The molecule has 2 heterocycles. The summed E-state index contributed by atoms with van der Waals surface area (Å²) >= 11 is 1.52. The molecule has 0 saturated carbocycles. The monoisotopic (exact) mass is 385 g/mol. The number of thiophene rings is 1. The van der Waals surface area contributed by atoms with Crippen LogP contribution in [0, 0.1) is 5.41 Å². The standard InChI is InChI=1S/C22H27NO3S/c1-2-26-21(25)22(12-6-10-18-8-4-3-5-9-18)13-7-14-23(17-22)20(24)19-11-15-27-16-19/h3-5,8-9,11,15-16H,2,6-7,10,12-14,17H2,1H3/t22-/m0/s1. The lowest BCUT2D eigenvalue weighted by Crippen LogP contribution is -2.50. The Morgan fingerprint density at radius 1 is 1.22 bits per heavy atom. The summed E-state index contributed by atoms with van der Waals surface area (Å²) in [5.41, 5.74) is 1.40. The third-order valence-corrected chi connectivity index (χ3v) is 5.99. The van der Waals surface area contributed by atoms with Crippen LogP contribution in [0.2, 0.25) is 0 Å². The van der Waals surface area contributed by atoms with Crippen LogP contribution in [0.5, 0.6) is 0 Å². The summed E-state index contributed by atoms with van der Waals surface area (Å²) in [5.74, 6) is -0.131. The van der Waals surface area contributed by atoms with Crippen LogP contribution in [-0.2, 0) is 16.0 Å². The van der Waals surface area contributed by atoms with Crippen molar-refractivity contribution < 1.29 is 14.3 Å². The van der Waals surface area contributed by atoms with E-state index < -0.39 is 5.41 Å². The van der Waals surface area contributed by atoms with Crippen molar-refractivity contribution in [3.8, 4) is 0 Å². The number of hydrogen-bond donors (Lipinski definition) is 0. The topological polar surface area (TPSA) is 46.6 Å². The Morgan fingerprint density at radius 3 is 2.74 bits per heavy atom. The first-order chi connectivity index (χ1) is 13.1. The zero-order valence-corrected chi connectivity index (χ0v) is 16.7. The maximum Gasteiger partial charge on any atom is 0.313 e. The van der Waals surface area contributed by atoms with Crippen LogP contribution in [0.4, 0.5) is 0 Å². The van der Waals surface area contributed by atoms with Gasteiger partial charge in [-0.25, -0.2) is 0 Å². The van der Waals surface area contributed by atoms with E-state index in [0.29, 0.717) is 25.3 Å². The molecule has 0 unspecified atom stereocenters. The molecule has 5 heteroatoms. The number of rotatable bonds is 7. The highest BCUT2D eigenvalue weighted by Crippen LogP contribution is 2.37. The van der Waals surface area contributed by atoms with Crippen molar-refractivity contribution in [3.63, 3.8) is 0 Å². The first-order valence-corrected chi connectivity index (χ1v) is 10.6. The zero-order chi connectivity index (χ0) is 19.1. The Labute approximate surface area is 165 Å². The summed E-state index contributed by atoms with van der Waals surface area (Å²) in [5, 5.41) is 3.79. The summed E-state index contributed by atoms with van der Waals surface area (Å²) in [4.78, 5) is 27.5. The second-order valence-electron chi connectivity index (χ2n) is 7.18. The van der Waals surface area contributed by atoms with E-state index in [1.807, 2.05) is 46.8 Å². The van der Waals surface area contributed by atoms with Crippen LogP contribution in [0.25, 0.3) is 0 Å². The summed E-state index contributed by atoms with van der Waals surface area (Å²) < 4.78 is 5.43. The maximum atomic E-state index is 12.9. The number of carbonyl (C=O) groups is 2. The predicted molar refractivity (Wildman–Crippen MR) is 108 cm³/mol. The summed E-state index contributed by atoms with van der Waals surface area (Å²) in [7, 11) is 0. The SMILES string of the molecule is CCOC(=O)[C@@]1(CCCc2ccccc2)CCCN(C(=O)c2ccsc2)C1. The lowest BCUT2D eigenvalue weighted by Gasteiger charge is -2.41. The van der Waals surface area contributed by atoms with Gasteiger partial charge >= 0.3 is 5.97 Å². The van der Waals surface area contributed by atoms with Crippen LogP contribution >= 0.6 is 11.3 Å². The van der Waals surface area contributed by atoms with Gasteiger partial charge in [-0.2, -0.15) is 11.3 Å². The van der Waals surface area contributed by atoms with E-state index in [1.54, 1.807) is 0 Å². The molecule has 1 aromatic heterocycles. The molecule has 2 aromatic rings. The second kappa shape index (κ2) is 9.18. The molecule has 1 fully saturated rings. The van der Waals surface area contributed by atoms with Crippen molar-refractivity contribution in [2.45, 2.75) is 39.0 Å². The van der Waals surface area contributed by atoms with E-state index in [1.165, 1.54) is 16.9 Å². The molecular weight excluding hydrogens is 358 g/mol. The van der Waals surface area contributed by atoms with Crippen molar-refractivity contribution in [2.75, 3.05) is 19.7 Å². The van der Waals surface area contributed by atoms with Gasteiger partial charge in [-0.15, -0.1) is 0 Å². The molecule has 3 rings (SSSR count). The number of hydrogen-bond acceptors (Lipinski definition) is 4. The number of nitrogens with zero attached hydrogens (tertiary/aromatic N) is 1. The highest BCUT2D eigenvalue weighted by atomic mass is 32.1. The normalized spacial score (nSPS) is 19.7. The molecule has 1 aromatic carbocycles. The van der Waals surface area contributed by atoms with Gasteiger partial charge < -0.3 is 9.64 Å². The molecule has 27 heavy (non-hydrogen) atoms. The average molecular weight is 386 g/mol. The zero-order valence-electron chi connectivity index (χ0n) is 15.9. The number of piperidine rings is 1. The number of likely N-dealkylation sites (tertiary alicyclic amines) is 1. The molecule has 0 bridgehead atoms. The number of aryl methyl sites for hydroxylation is 1. The van der Waals surface area contributed by atoms with Gasteiger partial charge in [0, 0.05) is 18.5 Å². The largest absolute Gasteiger partial charge is 0.466 e. The molecule has 0 spiro atoms. The first-order valence-electron chi connectivity index (χ1n) is 9.67.